The first kappa shape index (κ1) is 20.2. The van der Waals surface area contributed by atoms with Crippen LogP contribution in [0.2, 0.25) is 0 Å². The van der Waals surface area contributed by atoms with Gasteiger partial charge in [-0.1, -0.05) is 24.6 Å². The highest BCUT2D eigenvalue weighted by atomic mass is 19.1. The minimum Gasteiger partial charge on any atom is -0.207 e. The summed E-state index contributed by atoms with van der Waals surface area (Å²) in [6.07, 6.45) is 18.6. The van der Waals surface area contributed by atoms with Crippen LogP contribution in [0.25, 0.3) is 0 Å². The fourth-order valence-corrected chi connectivity index (χ4v) is 6.93. The zero-order valence-electron chi connectivity index (χ0n) is 17.8. The molecule has 28 heavy (non-hydrogen) atoms. The highest BCUT2D eigenvalue weighted by molar-refractivity contribution is 5.26. The standard InChI is InChI=1S/C27H39F/c1-3-4-5-20-7-8-25-18-24(14-13-23(25)17-20)21-9-11-22(12-10-21)26-15-6-19(2)16-27(26)28/h3,6,15-16,20-25H,1,4-5,7-14,17-18H2,2H3. The highest BCUT2D eigenvalue weighted by Crippen LogP contribution is 2.50. The first-order chi connectivity index (χ1) is 13.6. The number of hydrogen-bond acceptors (Lipinski definition) is 0. The van der Waals surface area contributed by atoms with Crippen LogP contribution in [-0.4, -0.2) is 0 Å². The number of hydrogen-bond donors (Lipinski definition) is 0. The first-order valence-corrected chi connectivity index (χ1v) is 12.0. The summed E-state index contributed by atoms with van der Waals surface area (Å²) in [4.78, 5) is 0. The monoisotopic (exact) mass is 382 g/mol. The Morgan fingerprint density at radius 2 is 1.54 bits per heavy atom. The van der Waals surface area contributed by atoms with Gasteiger partial charge in [0.05, 0.1) is 0 Å². The van der Waals surface area contributed by atoms with Gasteiger partial charge in [0.25, 0.3) is 0 Å². The van der Waals surface area contributed by atoms with E-state index in [1.807, 2.05) is 13.0 Å². The largest absolute Gasteiger partial charge is 0.207 e. The van der Waals surface area contributed by atoms with E-state index < -0.39 is 0 Å². The van der Waals surface area contributed by atoms with E-state index in [4.69, 9.17) is 0 Å². The van der Waals surface area contributed by atoms with Crippen molar-refractivity contribution in [2.24, 2.45) is 29.6 Å². The molecule has 0 aromatic heterocycles. The lowest BCUT2D eigenvalue weighted by molar-refractivity contribution is 0.0620. The summed E-state index contributed by atoms with van der Waals surface area (Å²) in [7, 11) is 0. The molecule has 3 aliphatic carbocycles. The fraction of sp³-hybridized carbons (Fsp3) is 0.704. The summed E-state index contributed by atoms with van der Waals surface area (Å²) in [6, 6.07) is 5.84. The zero-order chi connectivity index (χ0) is 19.5. The summed E-state index contributed by atoms with van der Waals surface area (Å²) in [5.41, 5.74) is 2.01. The van der Waals surface area contributed by atoms with E-state index in [-0.39, 0.29) is 5.82 Å². The number of allylic oxidation sites excluding steroid dienone is 1. The van der Waals surface area contributed by atoms with E-state index in [0.717, 1.165) is 40.7 Å². The molecule has 0 N–H and O–H groups in total. The summed E-state index contributed by atoms with van der Waals surface area (Å²) in [6.45, 7) is 5.88. The van der Waals surface area contributed by atoms with Gasteiger partial charge in [-0.25, -0.2) is 4.39 Å². The van der Waals surface area contributed by atoms with Gasteiger partial charge >= 0.3 is 0 Å². The van der Waals surface area contributed by atoms with Crippen molar-refractivity contribution in [3.8, 4) is 0 Å². The number of halogens is 1. The van der Waals surface area contributed by atoms with Gasteiger partial charge in [-0.05, 0) is 130 Å². The van der Waals surface area contributed by atoms with Gasteiger partial charge in [0.15, 0.2) is 0 Å². The molecule has 1 aromatic carbocycles. The predicted octanol–water partition coefficient (Wildman–Crippen LogP) is 8.21. The van der Waals surface area contributed by atoms with Crippen LogP contribution in [0.1, 0.15) is 94.1 Å². The topological polar surface area (TPSA) is 0 Å². The first-order valence-electron chi connectivity index (χ1n) is 12.0. The molecule has 154 valence electrons. The molecule has 0 aliphatic heterocycles. The second kappa shape index (κ2) is 9.14. The van der Waals surface area contributed by atoms with E-state index in [1.165, 1.54) is 77.0 Å². The van der Waals surface area contributed by atoms with Gasteiger partial charge in [0.1, 0.15) is 5.82 Å². The predicted molar refractivity (Wildman–Crippen MR) is 117 cm³/mol. The molecule has 3 saturated carbocycles. The number of aryl methyl sites for hydroxylation is 1. The molecule has 0 spiro atoms. The molecular weight excluding hydrogens is 343 g/mol. The van der Waals surface area contributed by atoms with Gasteiger partial charge in [0.2, 0.25) is 0 Å². The van der Waals surface area contributed by atoms with Crippen LogP contribution in [0, 0.1) is 42.3 Å². The van der Waals surface area contributed by atoms with Gasteiger partial charge < -0.3 is 0 Å². The van der Waals surface area contributed by atoms with Crippen molar-refractivity contribution in [3.05, 3.63) is 47.8 Å². The Bertz CT molecular complexity index is 654. The summed E-state index contributed by atoms with van der Waals surface area (Å²) in [5.74, 6) is 5.32. The lowest BCUT2D eigenvalue weighted by Crippen LogP contribution is -2.34. The van der Waals surface area contributed by atoms with E-state index in [9.17, 15) is 4.39 Å². The highest BCUT2D eigenvalue weighted by Gasteiger charge is 2.38. The third kappa shape index (κ3) is 4.55. The average Bonchev–Trinajstić information content (AvgIpc) is 2.72. The normalized spacial score (nSPS) is 35.9. The zero-order valence-corrected chi connectivity index (χ0v) is 17.8. The molecule has 0 bridgehead atoms. The molecule has 4 atom stereocenters. The smallest absolute Gasteiger partial charge is 0.126 e. The maximum atomic E-state index is 14.4. The molecule has 4 rings (SSSR count). The molecular formula is C27H39F. The maximum Gasteiger partial charge on any atom is 0.126 e. The SMILES string of the molecule is C=CCCC1CCC2CC(C3CCC(c4ccc(C)cc4F)CC3)CCC2C1. The quantitative estimate of drug-likeness (QED) is 0.450. The van der Waals surface area contributed by atoms with Gasteiger partial charge in [0, 0.05) is 0 Å². The van der Waals surface area contributed by atoms with Crippen molar-refractivity contribution in [2.45, 2.75) is 89.9 Å². The molecule has 4 unspecified atom stereocenters. The van der Waals surface area contributed by atoms with Crippen LogP contribution >= 0.6 is 0 Å². The maximum absolute atomic E-state index is 14.4. The molecule has 0 heterocycles. The molecule has 0 nitrogen and oxygen atoms in total. The van der Waals surface area contributed by atoms with Crippen molar-refractivity contribution in [1.29, 1.82) is 0 Å². The van der Waals surface area contributed by atoms with Crippen molar-refractivity contribution in [3.63, 3.8) is 0 Å². The van der Waals surface area contributed by atoms with Crippen LogP contribution in [0.3, 0.4) is 0 Å². The van der Waals surface area contributed by atoms with E-state index >= 15 is 0 Å². The third-order valence-corrected chi connectivity index (χ3v) is 8.58. The van der Waals surface area contributed by atoms with Crippen molar-refractivity contribution in [1.82, 2.24) is 0 Å². The van der Waals surface area contributed by atoms with Gasteiger partial charge in [-0.3, -0.25) is 0 Å². The molecule has 1 aromatic rings. The van der Waals surface area contributed by atoms with E-state index in [0.29, 0.717) is 5.92 Å². The van der Waals surface area contributed by atoms with Crippen LogP contribution in [-0.2, 0) is 0 Å². The Balaban J connectivity index is 1.28. The lowest BCUT2D eigenvalue weighted by Gasteiger charge is -2.45. The fourth-order valence-electron chi connectivity index (χ4n) is 6.93. The van der Waals surface area contributed by atoms with E-state index in [2.05, 4.69) is 18.7 Å². The summed E-state index contributed by atoms with van der Waals surface area (Å²) < 4.78 is 14.4. The van der Waals surface area contributed by atoms with Crippen molar-refractivity contribution in [2.75, 3.05) is 0 Å². The molecule has 1 heteroatoms. The molecule has 0 saturated heterocycles. The molecule has 0 radical (unpaired) electrons. The van der Waals surface area contributed by atoms with Crippen LogP contribution in [0.4, 0.5) is 4.39 Å². The van der Waals surface area contributed by atoms with Crippen molar-refractivity contribution < 1.29 is 4.39 Å². The summed E-state index contributed by atoms with van der Waals surface area (Å²) in [5, 5.41) is 0. The Kier molecular flexibility index (Phi) is 6.59. The molecule has 0 amide bonds. The van der Waals surface area contributed by atoms with Crippen LogP contribution in [0.5, 0.6) is 0 Å². The van der Waals surface area contributed by atoms with E-state index in [1.54, 1.807) is 6.07 Å². The molecule has 3 aliphatic rings. The average molecular weight is 383 g/mol. The minimum absolute atomic E-state index is 0.0252. The Morgan fingerprint density at radius 1 is 0.893 bits per heavy atom. The van der Waals surface area contributed by atoms with Crippen molar-refractivity contribution >= 4 is 0 Å². The molecule has 3 fully saturated rings. The van der Waals surface area contributed by atoms with Crippen LogP contribution < -0.4 is 0 Å². The Labute approximate surface area is 172 Å². The second-order valence-corrected chi connectivity index (χ2v) is 10.3. The Hall–Kier alpha value is -1.11. The number of fused-ring (bicyclic) bond motifs is 1. The van der Waals surface area contributed by atoms with Gasteiger partial charge in [-0.2, -0.15) is 0 Å². The van der Waals surface area contributed by atoms with Gasteiger partial charge in [-0.15, -0.1) is 6.58 Å². The summed E-state index contributed by atoms with van der Waals surface area (Å²) >= 11 is 0. The number of rotatable bonds is 5. The second-order valence-electron chi connectivity index (χ2n) is 10.3. The minimum atomic E-state index is 0.0252. The number of benzene rings is 1. The lowest BCUT2D eigenvalue weighted by atomic mass is 9.60. The third-order valence-electron chi connectivity index (χ3n) is 8.58. The Morgan fingerprint density at radius 3 is 2.25 bits per heavy atom. The van der Waals surface area contributed by atoms with Crippen LogP contribution in [0.15, 0.2) is 30.9 Å².